The highest BCUT2D eigenvalue weighted by molar-refractivity contribution is 6.32. The molecule has 0 bridgehead atoms. The highest BCUT2D eigenvalue weighted by Gasteiger charge is 2.23. The molecule has 0 saturated heterocycles. The zero-order valence-electron chi connectivity index (χ0n) is 18.4. The van der Waals surface area contributed by atoms with Crippen LogP contribution >= 0.6 is 11.6 Å². The normalized spacial score (nSPS) is 11.7. The Morgan fingerprint density at radius 2 is 1.88 bits per heavy atom. The van der Waals surface area contributed by atoms with Crippen LogP contribution in [0.2, 0.25) is 5.15 Å². The number of aromatic nitrogens is 3. The van der Waals surface area contributed by atoms with Crippen LogP contribution in [-0.2, 0) is 9.53 Å². The first-order valence-electron chi connectivity index (χ1n) is 10.4. The summed E-state index contributed by atoms with van der Waals surface area (Å²) in [7, 11) is 1.63. The Balaban J connectivity index is 2.08. The molecule has 0 spiro atoms. The molecule has 164 valence electrons. The summed E-state index contributed by atoms with van der Waals surface area (Å²) in [4.78, 5) is 21.5. The number of rotatable bonds is 6. The number of carbonyl (C=O) groups excluding carboxylic acids is 1. The quantitative estimate of drug-likeness (QED) is 0.264. The molecule has 0 amide bonds. The van der Waals surface area contributed by atoms with Gasteiger partial charge in [0.1, 0.15) is 11.4 Å². The van der Waals surface area contributed by atoms with Gasteiger partial charge in [-0.05, 0) is 57.2 Å². The fourth-order valence-corrected chi connectivity index (χ4v) is 4.11. The standard InChI is InChI=1S/C25H24ClN3O3/c1-5-32-22(30)13-12-21-23(24-25(26)28-19-9-7-6-8-18(19)27-24)17-14-16(31-4)10-11-20(17)29(21)15(2)3/h6-15H,5H2,1-4H3/b13-12+. The van der Waals surface area contributed by atoms with Crippen molar-refractivity contribution < 1.29 is 14.3 Å². The molecular formula is C25H24ClN3O3. The van der Waals surface area contributed by atoms with Crippen LogP contribution in [0.3, 0.4) is 0 Å². The molecule has 0 aliphatic carbocycles. The first kappa shape index (κ1) is 21.8. The number of carbonyl (C=O) groups is 1. The van der Waals surface area contributed by atoms with Crippen molar-refractivity contribution in [2.45, 2.75) is 26.8 Å². The molecule has 2 heterocycles. The van der Waals surface area contributed by atoms with Crippen molar-refractivity contribution in [1.82, 2.24) is 14.5 Å². The SMILES string of the molecule is CCOC(=O)/C=C/c1c(-c2nc3ccccc3nc2Cl)c2cc(OC)ccc2n1C(C)C. The van der Waals surface area contributed by atoms with Crippen LogP contribution in [0.4, 0.5) is 0 Å². The molecular weight excluding hydrogens is 426 g/mol. The molecule has 0 atom stereocenters. The molecule has 0 N–H and O–H groups in total. The van der Waals surface area contributed by atoms with Crippen molar-refractivity contribution in [1.29, 1.82) is 0 Å². The zero-order valence-corrected chi connectivity index (χ0v) is 19.2. The summed E-state index contributed by atoms with van der Waals surface area (Å²) in [5, 5.41) is 1.20. The van der Waals surface area contributed by atoms with E-state index in [4.69, 9.17) is 26.1 Å². The first-order valence-corrected chi connectivity index (χ1v) is 10.8. The van der Waals surface area contributed by atoms with Crippen molar-refractivity contribution in [2.75, 3.05) is 13.7 Å². The lowest BCUT2D eigenvalue weighted by molar-refractivity contribution is -0.137. The average Bonchev–Trinajstić information content (AvgIpc) is 3.10. The summed E-state index contributed by atoms with van der Waals surface area (Å²) in [6.45, 7) is 6.26. The summed E-state index contributed by atoms with van der Waals surface area (Å²) in [6, 6.07) is 13.6. The highest BCUT2D eigenvalue weighted by Crippen LogP contribution is 2.41. The summed E-state index contributed by atoms with van der Waals surface area (Å²) < 4.78 is 12.7. The summed E-state index contributed by atoms with van der Waals surface area (Å²) in [5.74, 6) is 0.303. The summed E-state index contributed by atoms with van der Waals surface area (Å²) in [6.07, 6.45) is 3.19. The molecule has 4 aromatic rings. The molecule has 0 saturated carbocycles. The second-order valence-electron chi connectivity index (χ2n) is 7.54. The maximum Gasteiger partial charge on any atom is 0.330 e. The topological polar surface area (TPSA) is 66.2 Å². The number of fused-ring (bicyclic) bond motifs is 2. The van der Waals surface area contributed by atoms with Crippen LogP contribution in [0.15, 0.2) is 48.5 Å². The fourth-order valence-electron chi connectivity index (χ4n) is 3.88. The average molecular weight is 450 g/mol. The lowest BCUT2D eigenvalue weighted by atomic mass is 10.1. The summed E-state index contributed by atoms with van der Waals surface area (Å²) in [5.41, 5.74) is 4.56. The number of methoxy groups -OCH3 is 1. The third kappa shape index (κ3) is 3.94. The number of benzene rings is 2. The van der Waals surface area contributed by atoms with Gasteiger partial charge in [-0.15, -0.1) is 0 Å². The second-order valence-corrected chi connectivity index (χ2v) is 7.90. The number of nitrogens with zero attached hydrogens (tertiary/aromatic N) is 3. The minimum absolute atomic E-state index is 0.105. The van der Waals surface area contributed by atoms with Crippen molar-refractivity contribution in [3.63, 3.8) is 0 Å². The third-order valence-electron chi connectivity index (χ3n) is 5.19. The van der Waals surface area contributed by atoms with Gasteiger partial charge >= 0.3 is 5.97 Å². The maximum absolute atomic E-state index is 12.1. The number of ether oxygens (including phenoxy) is 2. The van der Waals surface area contributed by atoms with Gasteiger partial charge in [-0.1, -0.05) is 23.7 Å². The van der Waals surface area contributed by atoms with Crippen molar-refractivity contribution in [3.8, 4) is 17.0 Å². The molecule has 0 fully saturated rings. The van der Waals surface area contributed by atoms with E-state index in [2.05, 4.69) is 23.4 Å². The Kier molecular flexibility index (Phi) is 6.15. The fraction of sp³-hybridized carbons (Fsp3) is 0.240. The van der Waals surface area contributed by atoms with Crippen molar-refractivity contribution in [2.24, 2.45) is 0 Å². The maximum atomic E-state index is 12.1. The zero-order chi connectivity index (χ0) is 22.8. The van der Waals surface area contributed by atoms with Crippen LogP contribution in [0.1, 0.15) is 32.5 Å². The van der Waals surface area contributed by atoms with Crippen LogP contribution in [-0.4, -0.2) is 34.2 Å². The van der Waals surface area contributed by atoms with E-state index in [1.807, 2.05) is 42.5 Å². The largest absolute Gasteiger partial charge is 0.497 e. The van der Waals surface area contributed by atoms with Crippen LogP contribution in [0.5, 0.6) is 5.75 Å². The van der Waals surface area contributed by atoms with E-state index >= 15 is 0 Å². The molecule has 0 radical (unpaired) electrons. The Hall–Kier alpha value is -3.38. The number of hydrogen-bond donors (Lipinski definition) is 0. The van der Waals surface area contributed by atoms with Gasteiger partial charge in [0.05, 0.1) is 30.4 Å². The van der Waals surface area contributed by atoms with Gasteiger partial charge < -0.3 is 14.0 Å². The Labute approximate surface area is 191 Å². The molecule has 7 heteroatoms. The Bertz CT molecular complexity index is 1340. The van der Waals surface area contributed by atoms with Gasteiger partial charge in [0.2, 0.25) is 0 Å². The van der Waals surface area contributed by atoms with E-state index in [1.165, 1.54) is 6.08 Å². The van der Waals surface area contributed by atoms with Gasteiger partial charge in [-0.2, -0.15) is 0 Å². The van der Waals surface area contributed by atoms with Gasteiger partial charge in [0.25, 0.3) is 0 Å². The predicted molar refractivity (Wildman–Crippen MR) is 128 cm³/mol. The monoisotopic (exact) mass is 449 g/mol. The number of hydrogen-bond acceptors (Lipinski definition) is 5. The lowest BCUT2D eigenvalue weighted by Crippen LogP contribution is -2.04. The van der Waals surface area contributed by atoms with E-state index in [0.717, 1.165) is 33.2 Å². The first-order chi connectivity index (χ1) is 15.4. The van der Waals surface area contributed by atoms with Gasteiger partial charge in [-0.25, -0.2) is 14.8 Å². The van der Waals surface area contributed by atoms with E-state index in [-0.39, 0.29) is 6.04 Å². The number of para-hydroxylation sites is 2. The smallest absolute Gasteiger partial charge is 0.330 e. The van der Waals surface area contributed by atoms with Crippen LogP contribution in [0.25, 0.3) is 39.3 Å². The molecule has 6 nitrogen and oxygen atoms in total. The highest BCUT2D eigenvalue weighted by atomic mass is 35.5. The minimum Gasteiger partial charge on any atom is -0.497 e. The number of esters is 1. The molecule has 32 heavy (non-hydrogen) atoms. The number of halogens is 1. The summed E-state index contributed by atoms with van der Waals surface area (Å²) >= 11 is 6.66. The van der Waals surface area contributed by atoms with E-state index in [1.54, 1.807) is 20.1 Å². The second kappa shape index (κ2) is 9.01. The molecule has 2 aromatic heterocycles. The Morgan fingerprint density at radius 1 is 1.16 bits per heavy atom. The van der Waals surface area contributed by atoms with Crippen molar-refractivity contribution >= 4 is 45.6 Å². The van der Waals surface area contributed by atoms with E-state index < -0.39 is 5.97 Å². The third-order valence-corrected chi connectivity index (χ3v) is 5.46. The van der Waals surface area contributed by atoms with Crippen molar-refractivity contribution in [3.05, 3.63) is 59.4 Å². The molecule has 4 rings (SSSR count). The van der Waals surface area contributed by atoms with Gasteiger partial charge in [0, 0.05) is 28.6 Å². The lowest BCUT2D eigenvalue weighted by Gasteiger charge is -2.14. The Morgan fingerprint density at radius 3 is 2.53 bits per heavy atom. The molecule has 0 unspecified atom stereocenters. The van der Waals surface area contributed by atoms with E-state index in [0.29, 0.717) is 23.2 Å². The predicted octanol–water partition coefficient (Wildman–Crippen LogP) is 6.07. The molecule has 2 aromatic carbocycles. The van der Waals surface area contributed by atoms with Gasteiger partial charge in [0.15, 0.2) is 5.15 Å². The van der Waals surface area contributed by atoms with Crippen LogP contribution < -0.4 is 4.74 Å². The molecule has 0 aliphatic heterocycles. The minimum atomic E-state index is -0.410. The van der Waals surface area contributed by atoms with Crippen LogP contribution in [0, 0.1) is 0 Å². The molecule has 0 aliphatic rings. The van der Waals surface area contributed by atoms with Gasteiger partial charge in [-0.3, -0.25) is 0 Å². The van der Waals surface area contributed by atoms with E-state index in [9.17, 15) is 4.79 Å².